The third kappa shape index (κ3) is 8.81. The summed E-state index contributed by atoms with van der Waals surface area (Å²) >= 11 is 3.22. The lowest BCUT2D eigenvalue weighted by Crippen LogP contribution is -2.20. The van der Waals surface area contributed by atoms with E-state index in [1.54, 1.807) is 36.4 Å². The zero-order chi connectivity index (χ0) is 27.7. The molecule has 12 heteroatoms. The average molecular weight is 612 g/mol. The summed E-state index contributed by atoms with van der Waals surface area (Å²) in [6, 6.07) is 9.32. The van der Waals surface area contributed by atoms with Crippen LogP contribution in [0.5, 0.6) is 5.75 Å². The van der Waals surface area contributed by atoms with Gasteiger partial charge in [0.25, 0.3) is 0 Å². The van der Waals surface area contributed by atoms with E-state index in [9.17, 15) is 13.6 Å². The number of anilines is 3. The lowest BCUT2D eigenvalue weighted by molar-refractivity contribution is -0.133. The number of halogens is 4. The standard InChI is InChI=1S/C26H30BrF3N4O3Si/c1-38(2,3)13-9-17-6-4-7-19(24(17)28)34-25-18-14-21(33-23(35)8-5-10-27)22(15-20(18)31-16-32-25)36-11-12-37-26(29)30/h4-8,14-16,26H,9-13H2,1-3H3,(H,33,35)(H,31,32,34)/b8-5+. The van der Waals surface area contributed by atoms with Gasteiger partial charge in [0.2, 0.25) is 5.91 Å². The summed E-state index contributed by atoms with van der Waals surface area (Å²) in [5.74, 6) is -0.231. The molecule has 0 saturated heterocycles. The van der Waals surface area contributed by atoms with Gasteiger partial charge in [-0.25, -0.2) is 14.4 Å². The number of hydrogen-bond acceptors (Lipinski definition) is 6. The summed E-state index contributed by atoms with van der Waals surface area (Å²) in [4.78, 5) is 20.9. The number of allylic oxidation sites excluding steroid dienone is 1. The Morgan fingerprint density at radius 2 is 1.95 bits per heavy atom. The number of aromatic nitrogens is 2. The van der Waals surface area contributed by atoms with Crippen LogP contribution in [-0.4, -0.2) is 49.1 Å². The maximum Gasteiger partial charge on any atom is 0.345 e. The van der Waals surface area contributed by atoms with Crippen LogP contribution in [0.3, 0.4) is 0 Å². The second-order valence-electron chi connectivity index (χ2n) is 9.58. The number of carbonyl (C=O) groups is 1. The van der Waals surface area contributed by atoms with E-state index in [0.717, 1.165) is 6.04 Å². The normalized spacial score (nSPS) is 11.9. The van der Waals surface area contributed by atoms with Crippen molar-refractivity contribution in [2.24, 2.45) is 0 Å². The fourth-order valence-corrected chi connectivity index (χ4v) is 4.73. The second-order valence-corrected chi connectivity index (χ2v) is 15.8. The molecule has 0 radical (unpaired) electrons. The van der Waals surface area contributed by atoms with E-state index in [2.05, 4.69) is 60.9 Å². The first-order valence-electron chi connectivity index (χ1n) is 12.0. The molecule has 1 amide bonds. The van der Waals surface area contributed by atoms with Gasteiger partial charge in [0.05, 0.1) is 23.5 Å². The van der Waals surface area contributed by atoms with Crippen molar-refractivity contribution in [2.45, 2.75) is 38.7 Å². The summed E-state index contributed by atoms with van der Waals surface area (Å²) in [5, 5.41) is 6.75. The van der Waals surface area contributed by atoms with Crippen LogP contribution in [-0.2, 0) is 16.0 Å². The number of benzene rings is 2. The highest BCUT2D eigenvalue weighted by Crippen LogP contribution is 2.34. The third-order valence-electron chi connectivity index (χ3n) is 5.41. The Morgan fingerprint density at radius 3 is 2.66 bits per heavy atom. The molecule has 0 bridgehead atoms. The average Bonchev–Trinajstić information content (AvgIpc) is 2.85. The Hall–Kier alpha value is -2.96. The van der Waals surface area contributed by atoms with Crippen LogP contribution < -0.4 is 15.4 Å². The van der Waals surface area contributed by atoms with Crippen molar-refractivity contribution < 1.29 is 27.4 Å². The molecule has 1 heterocycles. The van der Waals surface area contributed by atoms with E-state index in [4.69, 9.17) is 4.74 Å². The van der Waals surface area contributed by atoms with Crippen molar-refractivity contribution in [3.8, 4) is 5.75 Å². The van der Waals surface area contributed by atoms with Crippen LogP contribution >= 0.6 is 15.9 Å². The molecule has 2 aromatic carbocycles. The number of carbonyl (C=O) groups excluding carboxylic acids is 1. The molecular weight excluding hydrogens is 581 g/mol. The van der Waals surface area contributed by atoms with Crippen molar-refractivity contribution >= 4 is 58.0 Å². The Labute approximate surface area is 229 Å². The summed E-state index contributed by atoms with van der Waals surface area (Å²) in [6.45, 7) is 3.29. The Morgan fingerprint density at radius 1 is 1.16 bits per heavy atom. The van der Waals surface area contributed by atoms with Gasteiger partial charge in [0.1, 0.15) is 30.3 Å². The number of nitrogens with one attached hydrogen (secondary N) is 2. The minimum Gasteiger partial charge on any atom is -0.489 e. The van der Waals surface area contributed by atoms with Gasteiger partial charge in [-0.1, -0.05) is 59.8 Å². The lowest BCUT2D eigenvalue weighted by atomic mass is 10.1. The summed E-state index contributed by atoms with van der Waals surface area (Å²) < 4.78 is 49.8. The summed E-state index contributed by atoms with van der Waals surface area (Å²) in [6.07, 6.45) is 4.92. The molecule has 0 aliphatic heterocycles. The lowest BCUT2D eigenvalue weighted by Gasteiger charge is -2.17. The van der Waals surface area contributed by atoms with Crippen molar-refractivity contribution in [2.75, 3.05) is 29.2 Å². The molecule has 0 aliphatic carbocycles. The van der Waals surface area contributed by atoms with Crippen LogP contribution in [0.1, 0.15) is 5.56 Å². The van der Waals surface area contributed by atoms with Crippen molar-refractivity contribution in [3.05, 3.63) is 60.2 Å². The minimum atomic E-state index is -2.92. The Bertz CT molecular complexity index is 1290. The Kier molecular flexibility index (Phi) is 10.7. The SMILES string of the molecule is C[Si](C)(C)CCc1cccc(Nc2ncnc3cc(OCCOC(F)F)c(NC(=O)/C=C/CBr)cc23)c1F. The number of amides is 1. The van der Waals surface area contributed by atoms with Crippen molar-refractivity contribution in [3.63, 3.8) is 0 Å². The maximum atomic E-state index is 15.4. The number of ether oxygens (including phenoxy) is 2. The van der Waals surface area contributed by atoms with Gasteiger partial charge in [-0.05, 0) is 24.1 Å². The van der Waals surface area contributed by atoms with Gasteiger partial charge in [0.15, 0.2) is 0 Å². The van der Waals surface area contributed by atoms with Gasteiger partial charge in [-0.2, -0.15) is 8.78 Å². The van der Waals surface area contributed by atoms with Crippen LogP contribution in [0.4, 0.5) is 30.4 Å². The van der Waals surface area contributed by atoms with Gasteiger partial charge in [-0.15, -0.1) is 0 Å². The van der Waals surface area contributed by atoms with E-state index in [1.165, 1.54) is 12.4 Å². The smallest absolute Gasteiger partial charge is 0.345 e. The first-order valence-corrected chi connectivity index (χ1v) is 16.8. The monoisotopic (exact) mass is 610 g/mol. The van der Waals surface area contributed by atoms with Crippen LogP contribution in [0.15, 0.2) is 48.8 Å². The molecule has 0 atom stereocenters. The van der Waals surface area contributed by atoms with Gasteiger partial charge in [-0.3, -0.25) is 4.79 Å². The zero-order valence-electron chi connectivity index (χ0n) is 21.4. The van der Waals surface area contributed by atoms with Crippen molar-refractivity contribution in [1.29, 1.82) is 0 Å². The minimum absolute atomic E-state index is 0.179. The number of alkyl halides is 3. The molecule has 204 valence electrons. The van der Waals surface area contributed by atoms with E-state index in [0.29, 0.717) is 34.0 Å². The number of rotatable bonds is 13. The molecule has 3 rings (SSSR count). The number of aryl methyl sites for hydroxylation is 1. The molecular formula is C26H30BrF3N4O3Si. The first-order chi connectivity index (χ1) is 18.1. The molecule has 1 aromatic heterocycles. The zero-order valence-corrected chi connectivity index (χ0v) is 23.9. The highest BCUT2D eigenvalue weighted by molar-refractivity contribution is 9.09. The molecule has 0 spiro atoms. The first kappa shape index (κ1) is 29.6. The van der Waals surface area contributed by atoms with Crippen LogP contribution in [0, 0.1) is 5.82 Å². The fourth-order valence-electron chi connectivity index (χ4n) is 3.52. The summed E-state index contributed by atoms with van der Waals surface area (Å²) in [7, 11) is -1.35. The maximum absolute atomic E-state index is 15.4. The Balaban J connectivity index is 1.95. The van der Waals surface area contributed by atoms with Crippen molar-refractivity contribution in [1.82, 2.24) is 9.97 Å². The number of hydrogen-bond donors (Lipinski definition) is 2. The molecule has 3 aromatic rings. The molecule has 0 unspecified atom stereocenters. The summed E-state index contributed by atoms with van der Waals surface area (Å²) in [5.41, 5.74) is 1.61. The largest absolute Gasteiger partial charge is 0.489 e. The topological polar surface area (TPSA) is 85.4 Å². The molecule has 0 aliphatic rings. The third-order valence-corrected chi connectivity index (χ3v) is 7.54. The highest BCUT2D eigenvalue weighted by Gasteiger charge is 2.17. The van der Waals surface area contributed by atoms with Gasteiger partial charge >= 0.3 is 6.61 Å². The highest BCUT2D eigenvalue weighted by atomic mass is 79.9. The molecule has 2 N–H and O–H groups in total. The molecule has 0 fully saturated rings. The van der Waals surface area contributed by atoms with Gasteiger partial charge < -0.3 is 20.1 Å². The second kappa shape index (κ2) is 13.7. The molecule has 0 saturated carbocycles. The quantitative estimate of drug-likeness (QED) is 0.0947. The number of nitrogens with zero attached hydrogens (tertiary/aromatic N) is 2. The van der Waals surface area contributed by atoms with E-state index >= 15 is 4.39 Å². The molecule has 7 nitrogen and oxygen atoms in total. The number of fused-ring (bicyclic) bond motifs is 1. The predicted octanol–water partition coefficient (Wildman–Crippen LogP) is 6.90. The van der Waals surface area contributed by atoms with Crippen LogP contribution in [0.2, 0.25) is 25.7 Å². The van der Waals surface area contributed by atoms with Gasteiger partial charge in [0, 0.05) is 30.9 Å². The predicted molar refractivity (Wildman–Crippen MR) is 150 cm³/mol. The van der Waals surface area contributed by atoms with E-state index in [1.807, 2.05) is 0 Å². The van der Waals surface area contributed by atoms with Crippen LogP contribution in [0.25, 0.3) is 10.9 Å². The van der Waals surface area contributed by atoms with E-state index < -0.39 is 20.6 Å². The van der Waals surface area contributed by atoms with E-state index in [-0.39, 0.29) is 36.2 Å². The molecule has 38 heavy (non-hydrogen) atoms. The fraction of sp³-hybridized carbons (Fsp3) is 0.346.